The third-order valence-electron chi connectivity index (χ3n) is 7.63. The molecule has 1 saturated heterocycles. The first-order chi connectivity index (χ1) is 20.6. The molecule has 11 nitrogen and oxygen atoms in total. The number of ether oxygens (including phenoxy) is 1. The molecule has 1 aliphatic rings. The molecule has 0 aliphatic carbocycles. The summed E-state index contributed by atoms with van der Waals surface area (Å²) in [6.45, 7) is 22.7. The molecule has 1 amide bonds. The first kappa shape index (κ1) is 49.0. The summed E-state index contributed by atoms with van der Waals surface area (Å²) in [4.78, 5) is 50.5. The van der Waals surface area contributed by atoms with Crippen molar-refractivity contribution in [1.82, 2.24) is 10.4 Å². The van der Waals surface area contributed by atoms with Gasteiger partial charge in [-0.25, -0.2) is 9.59 Å². The van der Waals surface area contributed by atoms with E-state index >= 15 is 0 Å². The van der Waals surface area contributed by atoms with Crippen molar-refractivity contribution in [2.45, 2.75) is 113 Å². The van der Waals surface area contributed by atoms with E-state index in [1.807, 2.05) is 70.0 Å². The zero-order chi connectivity index (χ0) is 35.2. The minimum absolute atomic E-state index is 0. The molecule has 1 aromatic rings. The Morgan fingerprint density at radius 3 is 1.85 bits per heavy atom. The molecule has 6 atom stereocenters. The second kappa shape index (κ2) is 23.1. The van der Waals surface area contributed by atoms with Gasteiger partial charge in [0.1, 0.15) is 12.2 Å². The average molecular weight is 759 g/mol. The molecule has 276 valence electrons. The summed E-state index contributed by atoms with van der Waals surface area (Å²) in [5.41, 5.74) is 6.17. The summed E-state index contributed by atoms with van der Waals surface area (Å²) in [6.07, 6.45) is -0.543. The average Bonchev–Trinajstić information content (AvgIpc) is 3.22. The van der Waals surface area contributed by atoms with E-state index in [4.69, 9.17) is 25.5 Å². The van der Waals surface area contributed by atoms with Gasteiger partial charge in [-0.2, -0.15) is 0 Å². The summed E-state index contributed by atoms with van der Waals surface area (Å²) in [6, 6.07) is 9.67. The van der Waals surface area contributed by atoms with E-state index in [-0.39, 0.29) is 75.5 Å². The molecular weight excluding hydrogens is 697 g/mol. The second-order valence-corrected chi connectivity index (χ2v) is 13.8. The number of aliphatic carboxylic acids is 1. The van der Waals surface area contributed by atoms with Gasteiger partial charge in [0.2, 0.25) is 0 Å². The van der Waals surface area contributed by atoms with Crippen molar-refractivity contribution >= 4 is 23.8 Å². The van der Waals surface area contributed by atoms with Crippen LogP contribution < -0.4 is 11.1 Å². The van der Waals surface area contributed by atoms with Crippen molar-refractivity contribution in [3.05, 3.63) is 43.3 Å². The molecule has 47 heavy (non-hydrogen) atoms. The number of aliphatic hydroxyl groups is 1. The second-order valence-electron chi connectivity index (χ2n) is 13.8. The molecular formula is C35H62N3O8Pd-. The molecule has 0 unspecified atom stereocenters. The van der Waals surface area contributed by atoms with Crippen LogP contribution in [0.5, 0.6) is 0 Å². The molecule has 0 spiro atoms. The topological polar surface area (TPSA) is 168 Å². The zero-order valence-electron chi connectivity index (χ0n) is 30.7. The van der Waals surface area contributed by atoms with Gasteiger partial charge in [-0.1, -0.05) is 92.6 Å². The number of carboxylic acids is 1. The van der Waals surface area contributed by atoms with E-state index in [1.165, 1.54) is 5.56 Å². The first-order valence-electron chi connectivity index (χ1n) is 15.8. The molecule has 0 saturated carbocycles. The van der Waals surface area contributed by atoms with Gasteiger partial charge in [0.25, 0.3) is 0 Å². The molecule has 5 N–H and O–H groups in total. The van der Waals surface area contributed by atoms with Crippen molar-refractivity contribution in [1.29, 1.82) is 0 Å². The molecule has 1 aliphatic heterocycles. The van der Waals surface area contributed by atoms with Gasteiger partial charge < -0.3 is 38.3 Å². The van der Waals surface area contributed by atoms with Crippen molar-refractivity contribution in [3.8, 4) is 0 Å². The van der Waals surface area contributed by atoms with Crippen molar-refractivity contribution in [2.24, 2.45) is 41.2 Å². The van der Waals surface area contributed by atoms with E-state index < -0.39 is 36.1 Å². The van der Waals surface area contributed by atoms with Crippen LogP contribution in [0.4, 0.5) is 4.79 Å². The molecule has 1 fully saturated rings. The summed E-state index contributed by atoms with van der Waals surface area (Å²) in [5, 5.41) is 21.9. The van der Waals surface area contributed by atoms with Crippen LogP contribution in [-0.4, -0.2) is 69.4 Å². The minimum Gasteiger partial charge on any atom is -0.481 e. The van der Waals surface area contributed by atoms with Crippen molar-refractivity contribution < 1.29 is 59.4 Å². The number of hydrogen-bond donors (Lipinski definition) is 4. The molecule has 1 heterocycles. The largest absolute Gasteiger partial charge is 0.481 e. The molecule has 12 heteroatoms. The normalized spacial score (nSPS) is 18.5. The number of nitrogens with zero attached hydrogens (tertiary/aromatic N) is 1. The van der Waals surface area contributed by atoms with Crippen LogP contribution in [0.15, 0.2) is 30.3 Å². The fourth-order valence-corrected chi connectivity index (χ4v) is 4.86. The van der Waals surface area contributed by atoms with Crippen LogP contribution in [0.2, 0.25) is 0 Å². The maximum absolute atomic E-state index is 11.7. The Kier molecular flexibility index (Phi) is 24.1. The minimum atomic E-state index is -0.818. The number of nitrogens with one attached hydrogen (secondary N) is 1. The molecule has 1 aromatic carbocycles. The van der Waals surface area contributed by atoms with Crippen molar-refractivity contribution in [3.63, 3.8) is 0 Å². The predicted molar refractivity (Wildman–Crippen MR) is 181 cm³/mol. The van der Waals surface area contributed by atoms with Crippen LogP contribution in [0.25, 0.3) is 0 Å². The third-order valence-corrected chi connectivity index (χ3v) is 7.63. The Morgan fingerprint density at radius 2 is 1.49 bits per heavy atom. The number of benzene rings is 1. The Labute approximate surface area is 297 Å². The van der Waals surface area contributed by atoms with Crippen LogP contribution in [0.1, 0.15) is 88.6 Å². The van der Waals surface area contributed by atoms with Crippen LogP contribution >= 0.6 is 0 Å². The summed E-state index contributed by atoms with van der Waals surface area (Å²) >= 11 is 0. The number of nitrogens with two attached hydrogens (primary N) is 1. The third kappa shape index (κ3) is 18.1. The SMILES string of the molecule is CC(C)[C@H](N)[C@H](C)C(=O)O.CC(C)[C@H](NC(=O)OC(C)(C)C)[C@H](C)C(=O)CO.CC(C)[C@H]1[C@H](C)C(=O)ON1Cc1ccccc1.[CH3-].[Pd]. The number of rotatable bonds is 11. The number of alkyl carbamates (subject to hydrolysis) is 1. The van der Waals surface area contributed by atoms with E-state index in [0.717, 1.165) is 0 Å². The van der Waals surface area contributed by atoms with E-state index in [0.29, 0.717) is 12.5 Å². The number of amides is 1. The van der Waals surface area contributed by atoms with E-state index in [1.54, 1.807) is 34.6 Å². The van der Waals surface area contributed by atoms with E-state index in [2.05, 4.69) is 19.2 Å². The van der Waals surface area contributed by atoms with Gasteiger partial charge in [0, 0.05) is 38.4 Å². The van der Waals surface area contributed by atoms with Gasteiger partial charge >= 0.3 is 18.0 Å². The fraction of sp³-hybridized carbons (Fsp3) is 0.686. The molecule has 2 rings (SSSR count). The van der Waals surface area contributed by atoms with Crippen molar-refractivity contribution in [2.75, 3.05) is 6.61 Å². The zero-order valence-corrected chi connectivity index (χ0v) is 32.2. The van der Waals surface area contributed by atoms with Gasteiger partial charge in [0.15, 0.2) is 5.78 Å². The number of carboxylic acid groups (broad SMARTS) is 1. The number of ketones is 1. The number of aliphatic hydroxyl groups excluding tert-OH is 1. The molecule has 0 radical (unpaired) electrons. The first-order valence-corrected chi connectivity index (χ1v) is 15.8. The van der Waals surface area contributed by atoms with E-state index in [9.17, 15) is 19.2 Å². The fourth-order valence-electron chi connectivity index (χ4n) is 4.86. The maximum Gasteiger partial charge on any atom is 0.407 e. The van der Waals surface area contributed by atoms with Gasteiger partial charge in [-0.15, -0.1) is 5.06 Å². The number of hydroxylamine groups is 2. The van der Waals surface area contributed by atoms with Crippen LogP contribution in [0.3, 0.4) is 0 Å². The smallest absolute Gasteiger partial charge is 0.407 e. The standard InChI is InChI=1S/C14H19NO2.C13H25NO4.C7H15NO2.CH3.Pd/c1-10(2)13-11(3)14(16)17-15(13)9-12-7-5-4-6-8-12;1-8(2)11(9(3)10(16)7-15)14-12(17)18-13(4,5)6;1-4(2)6(8)5(3)7(9)10;;/h4-8,10-11,13H,9H2,1-3H3;8-9,11,15H,7H2,1-6H3,(H,14,17);4-6H,8H2,1-3H3,(H,9,10);1H3;/q;;;-1;/t11-,13-;9-,11+;5-,6-;;/m010../s1. The summed E-state index contributed by atoms with van der Waals surface area (Å²) in [7, 11) is 0. The van der Waals surface area contributed by atoms with Crippen LogP contribution in [0, 0.1) is 42.9 Å². The molecule has 0 bridgehead atoms. The molecule has 0 aromatic heterocycles. The number of hydrogen-bond acceptors (Lipinski definition) is 9. The van der Waals surface area contributed by atoms with Gasteiger partial charge in [0.05, 0.1) is 24.4 Å². The Balaban J connectivity index is -0.000000629. The Bertz CT molecular complexity index is 1060. The maximum atomic E-state index is 11.7. The number of Topliss-reactive ketones (excluding diaryl/α,β-unsaturated/α-hetero) is 1. The monoisotopic (exact) mass is 758 g/mol. The quantitative estimate of drug-likeness (QED) is 0.167. The number of carbonyl (C=O) groups is 4. The Morgan fingerprint density at radius 1 is 0.979 bits per heavy atom. The van der Waals surface area contributed by atoms with Crippen LogP contribution in [-0.2, 0) is 50.9 Å². The van der Waals surface area contributed by atoms with Gasteiger partial charge in [-0.3, -0.25) is 9.59 Å². The predicted octanol–water partition coefficient (Wildman–Crippen LogP) is 5.49. The Hall–Kier alpha value is -2.36. The van der Waals surface area contributed by atoms with Gasteiger partial charge in [-0.05, 0) is 44.1 Å². The number of carbonyl (C=O) groups excluding carboxylic acids is 3. The summed E-state index contributed by atoms with van der Waals surface area (Å²) < 4.78 is 5.16. The summed E-state index contributed by atoms with van der Waals surface area (Å²) in [5.74, 6) is -1.44.